The molecule has 0 bridgehead atoms. The summed E-state index contributed by atoms with van der Waals surface area (Å²) in [4.78, 5) is 11.7. The second-order valence-corrected chi connectivity index (χ2v) is 4.61. The monoisotopic (exact) mass is 226 g/mol. The molecule has 17 heavy (non-hydrogen) atoms. The summed E-state index contributed by atoms with van der Waals surface area (Å²) in [5, 5.41) is 0. The Kier molecular flexibility index (Phi) is 3.58. The second-order valence-electron chi connectivity index (χ2n) is 4.61. The molecule has 0 saturated heterocycles. The van der Waals surface area contributed by atoms with E-state index < -0.39 is 0 Å². The molecule has 0 heterocycles. The topological polar surface area (TPSA) is 17.1 Å². The van der Waals surface area contributed by atoms with Crippen LogP contribution < -0.4 is 0 Å². The normalized spacial score (nSPS) is 22.7. The van der Waals surface area contributed by atoms with Crippen LogP contribution in [0.25, 0.3) is 6.08 Å². The Hall–Kier alpha value is -1.63. The predicted octanol–water partition coefficient (Wildman–Crippen LogP) is 4.02. The summed E-state index contributed by atoms with van der Waals surface area (Å²) >= 11 is 0. The Morgan fingerprint density at radius 1 is 1.29 bits per heavy atom. The molecular weight excluding hydrogens is 208 g/mol. The van der Waals surface area contributed by atoms with Gasteiger partial charge >= 0.3 is 0 Å². The van der Waals surface area contributed by atoms with Gasteiger partial charge in [-0.25, -0.2) is 0 Å². The summed E-state index contributed by atoms with van der Waals surface area (Å²) in [6.45, 7) is 4.11. The molecule has 0 radical (unpaired) electrons. The van der Waals surface area contributed by atoms with E-state index in [1.165, 1.54) is 16.7 Å². The molecule has 1 atom stereocenters. The third-order valence-electron chi connectivity index (χ3n) is 3.26. The smallest absolute Gasteiger partial charge is 0.159 e. The van der Waals surface area contributed by atoms with Crippen LogP contribution in [0, 0.1) is 5.92 Å². The number of allylic oxidation sites excluding steroid dienone is 3. The van der Waals surface area contributed by atoms with E-state index in [-0.39, 0.29) is 11.7 Å². The van der Waals surface area contributed by atoms with Crippen LogP contribution in [0.4, 0.5) is 0 Å². The van der Waals surface area contributed by atoms with Crippen molar-refractivity contribution in [1.29, 1.82) is 0 Å². The van der Waals surface area contributed by atoms with E-state index in [0.29, 0.717) is 0 Å². The van der Waals surface area contributed by atoms with Crippen molar-refractivity contribution in [1.82, 2.24) is 0 Å². The van der Waals surface area contributed by atoms with Gasteiger partial charge in [-0.05, 0) is 35.6 Å². The predicted molar refractivity (Wildman–Crippen MR) is 71.6 cm³/mol. The number of benzene rings is 1. The molecule has 1 aliphatic carbocycles. The molecule has 2 rings (SSSR count). The lowest BCUT2D eigenvalue weighted by Gasteiger charge is -2.20. The molecule has 0 fully saturated rings. The minimum atomic E-state index is 0.125. The number of rotatable bonds is 2. The van der Waals surface area contributed by atoms with Crippen molar-refractivity contribution >= 4 is 11.9 Å². The highest BCUT2D eigenvalue weighted by molar-refractivity contribution is 5.95. The van der Waals surface area contributed by atoms with Crippen LogP contribution >= 0.6 is 0 Å². The van der Waals surface area contributed by atoms with Gasteiger partial charge in [0.05, 0.1) is 0 Å². The maximum Gasteiger partial charge on any atom is 0.159 e. The van der Waals surface area contributed by atoms with E-state index in [0.717, 1.165) is 12.8 Å². The number of carbonyl (C=O) groups is 1. The van der Waals surface area contributed by atoms with Crippen LogP contribution in [0.3, 0.4) is 0 Å². The third kappa shape index (κ3) is 2.73. The molecule has 1 aromatic carbocycles. The van der Waals surface area contributed by atoms with Crippen molar-refractivity contribution in [3.63, 3.8) is 0 Å². The Bertz CT molecular complexity index is 466. The van der Waals surface area contributed by atoms with Gasteiger partial charge in [-0.2, -0.15) is 0 Å². The van der Waals surface area contributed by atoms with Gasteiger partial charge in [-0.15, -0.1) is 0 Å². The Balaban J connectivity index is 2.35. The lowest BCUT2D eigenvalue weighted by Crippen LogP contribution is -2.15. The van der Waals surface area contributed by atoms with Gasteiger partial charge in [0.15, 0.2) is 5.78 Å². The first kappa shape index (κ1) is 11.8. The highest BCUT2D eigenvalue weighted by Gasteiger charge is 2.20. The van der Waals surface area contributed by atoms with Gasteiger partial charge in [-0.3, -0.25) is 4.79 Å². The fourth-order valence-electron chi connectivity index (χ4n) is 2.20. The largest absolute Gasteiger partial charge is 0.295 e. The summed E-state index contributed by atoms with van der Waals surface area (Å²) in [6.07, 6.45) is 5.83. The van der Waals surface area contributed by atoms with E-state index in [1.54, 1.807) is 0 Å². The molecule has 88 valence electrons. The quantitative estimate of drug-likeness (QED) is 0.744. The fourth-order valence-corrected chi connectivity index (χ4v) is 2.20. The Morgan fingerprint density at radius 3 is 2.65 bits per heavy atom. The SMILES string of the molecule is CCC1=CC(=O)C(C)CC1=Cc1ccccc1. The van der Waals surface area contributed by atoms with Crippen molar-refractivity contribution in [2.75, 3.05) is 0 Å². The molecule has 0 spiro atoms. The van der Waals surface area contributed by atoms with Gasteiger partial charge in [0.2, 0.25) is 0 Å². The first-order valence-corrected chi connectivity index (χ1v) is 6.21. The van der Waals surface area contributed by atoms with Gasteiger partial charge in [0.25, 0.3) is 0 Å². The zero-order valence-electron chi connectivity index (χ0n) is 10.4. The summed E-state index contributed by atoms with van der Waals surface area (Å²) < 4.78 is 0. The maximum absolute atomic E-state index is 11.7. The van der Waals surface area contributed by atoms with Crippen molar-refractivity contribution in [2.24, 2.45) is 5.92 Å². The number of hydrogen-bond donors (Lipinski definition) is 0. The van der Waals surface area contributed by atoms with E-state index in [2.05, 4.69) is 25.1 Å². The minimum absolute atomic E-state index is 0.125. The average Bonchev–Trinajstić information content (AvgIpc) is 2.35. The van der Waals surface area contributed by atoms with Gasteiger partial charge in [0.1, 0.15) is 0 Å². The van der Waals surface area contributed by atoms with Gasteiger partial charge in [0, 0.05) is 5.92 Å². The molecular formula is C16H18O. The van der Waals surface area contributed by atoms with E-state index in [1.807, 2.05) is 31.2 Å². The molecule has 0 amide bonds. The van der Waals surface area contributed by atoms with Crippen molar-refractivity contribution in [3.8, 4) is 0 Å². The van der Waals surface area contributed by atoms with Crippen LogP contribution in [0.5, 0.6) is 0 Å². The highest BCUT2D eigenvalue weighted by Crippen LogP contribution is 2.29. The number of hydrogen-bond acceptors (Lipinski definition) is 1. The third-order valence-corrected chi connectivity index (χ3v) is 3.26. The zero-order valence-corrected chi connectivity index (χ0v) is 10.4. The fraction of sp³-hybridized carbons (Fsp3) is 0.312. The molecule has 1 heteroatoms. The van der Waals surface area contributed by atoms with Gasteiger partial charge in [-0.1, -0.05) is 50.3 Å². The van der Waals surface area contributed by atoms with E-state index in [9.17, 15) is 4.79 Å². The molecule has 0 saturated carbocycles. The lowest BCUT2D eigenvalue weighted by molar-refractivity contribution is -0.118. The van der Waals surface area contributed by atoms with Crippen LogP contribution in [-0.4, -0.2) is 5.78 Å². The summed E-state index contributed by atoms with van der Waals surface area (Å²) in [5.41, 5.74) is 3.71. The van der Waals surface area contributed by atoms with Crippen LogP contribution in [0.15, 0.2) is 47.6 Å². The first-order valence-electron chi connectivity index (χ1n) is 6.21. The standard InChI is InChI=1S/C16H18O/c1-3-14-11-16(17)12(2)9-15(14)10-13-7-5-4-6-8-13/h4-8,10-12H,3,9H2,1-2H3. The Morgan fingerprint density at radius 2 is 2.00 bits per heavy atom. The maximum atomic E-state index is 11.7. The zero-order chi connectivity index (χ0) is 12.3. The summed E-state index contributed by atoms with van der Waals surface area (Å²) in [5.74, 6) is 0.396. The van der Waals surface area contributed by atoms with E-state index in [4.69, 9.17) is 0 Å². The minimum Gasteiger partial charge on any atom is -0.295 e. The molecule has 1 nitrogen and oxygen atoms in total. The van der Waals surface area contributed by atoms with Crippen LogP contribution in [0.1, 0.15) is 32.3 Å². The molecule has 0 N–H and O–H groups in total. The summed E-state index contributed by atoms with van der Waals surface area (Å²) in [7, 11) is 0. The van der Waals surface area contributed by atoms with Crippen molar-refractivity contribution in [2.45, 2.75) is 26.7 Å². The number of ketones is 1. The lowest BCUT2D eigenvalue weighted by atomic mass is 9.84. The number of carbonyl (C=O) groups excluding carboxylic acids is 1. The van der Waals surface area contributed by atoms with Crippen LogP contribution in [-0.2, 0) is 4.79 Å². The molecule has 0 aromatic heterocycles. The molecule has 0 aliphatic heterocycles. The van der Waals surface area contributed by atoms with Gasteiger partial charge < -0.3 is 0 Å². The average molecular weight is 226 g/mol. The van der Waals surface area contributed by atoms with E-state index >= 15 is 0 Å². The van der Waals surface area contributed by atoms with Crippen molar-refractivity contribution < 1.29 is 4.79 Å². The second kappa shape index (κ2) is 5.13. The Labute approximate surface area is 103 Å². The molecule has 1 aliphatic rings. The first-order chi connectivity index (χ1) is 8.20. The highest BCUT2D eigenvalue weighted by atomic mass is 16.1. The molecule has 1 unspecified atom stereocenters. The van der Waals surface area contributed by atoms with Crippen molar-refractivity contribution in [3.05, 3.63) is 53.1 Å². The summed E-state index contributed by atoms with van der Waals surface area (Å²) in [6, 6.07) is 10.3. The van der Waals surface area contributed by atoms with Crippen LogP contribution in [0.2, 0.25) is 0 Å². The molecule has 1 aromatic rings.